The number of sulfonamides is 1. The van der Waals surface area contributed by atoms with Crippen molar-refractivity contribution in [2.24, 2.45) is 0 Å². The molecular formula is C16H19N5O4S. The number of benzene rings is 1. The Morgan fingerprint density at radius 2 is 1.96 bits per heavy atom. The molecule has 9 nitrogen and oxygen atoms in total. The van der Waals surface area contributed by atoms with Gasteiger partial charge in [0.1, 0.15) is 0 Å². The maximum Gasteiger partial charge on any atom is 0.348 e. The van der Waals surface area contributed by atoms with E-state index in [2.05, 4.69) is 10.1 Å². The van der Waals surface area contributed by atoms with Crippen molar-refractivity contribution < 1.29 is 8.42 Å². The Morgan fingerprint density at radius 1 is 1.23 bits per heavy atom. The number of rotatable bonds is 5. The van der Waals surface area contributed by atoms with Gasteiger partial charge in [0.25, 0.3) is 5.56 Å². The third-order valence-electron chi connectivity index (χ3n) is 4.05. The second kappa shape index (κ2) is 6.45. The Morgan fingerprint density at radius 3 is 2.58 bits per heavy atom. The van der Waals surface area contributed by atoms with E-state index in [1.54, 1.807) is 23.0 Å². The van der Waals surface area contributed by atoms with Crippen LogP contribution in [0.2, 0.25) is 0 Å². The van der Waals surface area contributed by atoms with Gasteiger partial charge < -0.3 is 4.98 Å². The number of aromatic amines is 1. The molecule has 138 valence electrons. The normalized spacial score (nSPS) is 11.8. The second-order valence-corrected chi connectivity index (χ2v) is 7.60. The van der Waals surface area contributed by atoms with E-state index in [0.29, 0.717) is 23.2 Å². The van der Waals surface area contributed by atoms with Crippen LogP contribution in [0.15, 0.2) is 34.0 Å². The zero-order chi connectivity index (χ0) is 19.1. The molecule has 0 aliphatic carbocycles. The highest BCUT2D eigenvalue weighted by molar-refractivity contribution is 7.91. The highest BCUT2D eigenvalue weighted by atomic mass is 32.2. The molecule has 3 rings (SSSR count). The van der Waals surface area contributed by atoms with Gasteiger partial charge in [-0.2, -0.15) is 9.77 Å². The lowest BCUT2D eigenvalue weighted by molar-refractivity contribution is 0.598. The van der Waals surface area contributed by atoms with Crippen LogP contribution in [0.25, 0.3) is 22.2 Å². The molecule has 0 aliphatic heterocycles. The topological polar surface area (TPSA) is 119 Å². The number of hydrogen-bond donors (Lipinski definition) is 2. The SMILES string of the molecule is CCc1cc2[nH]c(=O)n(NS(C)(=O)=O)c(=O)c2cc1-c1ccnn1CC. The lowest BCUT2D eigenvalue weighted by Crippen LogP contribution is -2.43. The molecule has 0 atom stereocenters. The summed E-state index contributed by atoms with van der Waals surface area (Å²) in [6.07, 6.45) is 3.24. The molecule has 1 aromatic carbocycles. The zero-order valence-electron chi connectivity index (χ0n) is 14.6. The molecule has 0 aliphatic rings. The molecule has 0 saturated heterocycles. The van der Waals surface area contributed by atoms with Crippen LogP contribution in [0.4, 0.5) is 0 Å². The van der Waals surface area contributed by atoms with E-state index in [1.165, 1.54) is 0 Å². The van der Waals surface area contributed by atoms with Gasteiger partial charge in [-0.15, -0.1) is 0 Å². The summed E-state index contributed by atoms with van der Waals surface area (Å²) in [4.78, 5) is 29.3. The van der Waals surface area contributed by atoms with Crippen LogP contribution in [0, 0.1) is 0 Å². The van der Waals surface area contributed by atoms with Crippen LogP contribution in [0.1, 0.15) is 19.4 Å². The van der Waals surface area contributed by atoms with Gasteiger partial charge in [0.05, 0.1) is 22.9 Å². The molecule has 3 aromatic rings. The summed E-state index contributed by atoms with van der Waals surface area (Å²) in [5.74, 6) is 0. The van der Waals surface area contributed by atoms with Gasteiger partial charge in [-0.05, 0) is 37.1 Å². The molecule has 2 heterocycles. The summed E-state index contributed by atoms with van der Waals surface area (Å²) in [5, 5.41) is 4.46. The number of nitrogens with zero attached hydrogens (tertiary/aromatic N) is 3. The van der Waals surface area contributed by atoms with Crippen LogP contribution in [0.5, 0.6) is 0 Å². The Labute approximate surface area is 149 Å². The minimum absolute atomic E-state index is 0.205. The van der Waals surface area contributed by atoms with E-state index in [0.717, 1.165) is 23.1 Å². The molecule has 10 heteroatoms. The van der Waals surface area contributed by atoms with E-state index < -0.39 is 21.3 Å². The van der Waals surface area contributed by atoms with Gasteiger partial charge in [0.15, 0.2) is 0 Å². The first-order chi connectivity index (χ1) is 12.2. The standard InChI is InChI=1S/C16H19N5O4S/c1-4-10-8-13-12(9-11(10)14-6-7-17-20(14)5-2)15(22)21(16(23)18-13)19-26(3,24)25/h6-9,19H,4-5H2,1-3H3,(H,18,23). The maximum absolute atomic E-state index is 12.7. The number of H-pyrrole nitrogens is 1. The smallest absolute Gasteiger partial charge is 0.305 e. The number of aromatic nitrogens is 4. The summed E-state index contributed by atoms with van der Waals surface area (Å²) >= 11 is 0. The number of fused-ring (bicyclic) bond motifs is 1. The summed E-state index contributed by atoms with van der Waals surface area (Å²) in [7, 11) is -3.79. The van der Waals surface area contributed by atoms with Gasteiger partial charge in [0, 0.05) is 18.3 Å². The molecule has 0 amide bonds. The van der Waals surface area contributed by atoms with Gasteiger partial charge in [0.2, 0.25) is 10.0 Å². The van der Waals surface area contributed by atoms with Gasteiger partial charge in [-0.3, -0.25) is 9.48 Å². The third-order valence-corrected chi connectivity index (χ3v) is 4.57. The fourth-order valence-corrected chi connectivity index (χ4v) is 3.40. The Kier molecular flexibility index (Phi) is 4.45. The Hall–Kier alpha value is -2.88. The van der Waals surface area contributed by atoms with E-state index in [1.807, 2.05) is 24.7 Å². The average molecular weight is 377 g/mol. The summed E-state index contributed by atoms with van der Waals surface area (Å²) in [6.45, 7) is 4.60. The van der Waals surface area contributed by atoms with E-state index in [4.69, 9.17) is 0 Å². The average Bonchev–Trinajstić information content (AvgIpc) is 3.05. The minimum atomic E-state index is -3.79. The fraction of sp³-hybridized carbons (Fsp3) is 0.312. The largest absolute Gasteiger partial charge is 0.348 e. The number of hydrogen-bond acceptors (Lipinski definition) is 5. The van der Waals surface area contributed by atoms with Gasteiger partial charge in [-0.25, -0.2) is 18.0 Å². The van der Waals surface area contributed by atoms with Crippen molar-refractivity contribution in [2.45, 2.75) is 26.8 Å². The lowest BCUT2D eigenvalue weighted by Gasteiger charge is -2.13. The highest BCUT2D eigenvalue weighted by Crippen LogP contribution is 2.27. The van der Waals surface area contributed by atoms with Crippen LogP contribution in [-0.4, -0.2) is 34.1 Å². The molecule has 0 saturated carbocycles. The third kappa shape index (κ3) is 3.15. The minimum Gasteiger partial charge on any atom is -0.305 e. The van der Waals surface area contributed by atoms with Crippen LogP contribution in [0.3, 0.4) is 0 Å². The first-order valence-corrected chi connectivity index (χ1v) is 9.96. The molecular weight excluding hydrogens is 358 g/mol. The molecule has 0 radical (unpaired) electrons. The van der Waals surface area contributed by atoms with Gasteiger partial charge >= 0.3 is 5.69 Å². The Bertz CT molecular complexity index is 1200. The predicted molar refractivity (Wildman–Crippen MR) is 99.3 cm³/mol. The zero-order valence-corrected chi connectivity index (χ0v) is 15.4. The van der Waals surface area contributed by atoms with Crippen LogP contribution >= 0.6 is 0 Å². The molecule has 2 N–H and O–H groups in total. The molecule has 0 fully saturated rings. The van der Waals surface area contributed by atoms with Crippen molar-refractivity contribution >= 4 is 20.9 Å². The summed E-state index contributed by atoms with van der Waals surface area (Å²) in [5.41, 5.74) is 1.38. The monoisotopic (exact) mass is 377 g/mol. The summed E-state index contributed by atoms with van der Waals surface area (Å²) in [6, 6.07) is 5.25. The second-order valence-electron chi connectivity index (χ2n) is 5.87. The van der Waals surface area contributed by atoms with E-state index in [-0.39, 0.29) is 5.39 Å². The van der Waals surface area contributed by atoms with Crippen molar-refractivity contribution in [2.75, 3.05) is 11.1 Å². The van der Waals surface area contributed by atoms with Crippen molar-refractivity contribution in [3.05, 3.63) is 50.8 Å². The number of nitrogens with one attached hydrogen (secondary N) is 2. The first kappa shape index (κ1) is 17.9. The Balaban J connectivity index is 2.35. The lowest BCUT2D eigenvalue weighted by atomic mass is 9.99. The van der Waals surface area contributed by atoms with E-state index in [9.17, 15) is 18.0 Å². The molecule has 0 bridgehead atoms. The van der Waals surface area contributed by atoms with Crippen molar-refractivity contribution in [1.29, 1.82) is 0 Å². The maximum atomic E-state index is 12.7. The fourth-order valence-electron chi connectivity index (χ4n) is 2.90. The van der Waals surface area contributed by atoms with Crippen molar-refractivity contribution in [3.63, 3.8) is 0 Å². The molecule has 0 unspecified atom stereocenters. The van der Waals surface area contributed by atoms with Crippen molar-refractivity contribution in [3.8, 4) is 11.3 Å². The molecule has 26 heavy (non-hydrogen) atoms. The number of aryl methyl sites for hydroxylation is 2. The van der Waals surface area contributed by atoms with E-state index >= 15 is 0 Å². The van der Waals surface area contributed by atoms with Crippen LogP contribution < -0.4 is 16.1 Å². The molecule has 0 spiro atoms. The molecule has 2 aromatic heterocycles. The van der Waals surface area contributed by atoms with Gasteiger partial charge in [-0.1, -0.05) is 6.92 Å². The quantitative estimate of drug-likeness (QED) is 0.676. The summed E-state index contributed by atoms with van der Waals surface area (Å²) < 4.78 is 25.2. The van der Waals surface area contributed by atoms with Crippen LogP contribution in [-0.2, 0) is 23.0 Å². The predicted octanol–water partition coefficient (Wildman–Crippen LogP) is 0.639. The highest BCUT2D eigenvalue weighted by Gasteiger charge is 2.16. The van der Waals surface area contributed by atoms with Crippen molar-refractivity contribution in [1.82, 2.24) is 19.4 Å². The first-order valence-electron chi connectivity index (χ1n) is 8.07.